The largest absolute Gasteiger partial charge is 0.458 e. The van der Waals surface area contributed by atoms with Gasteiger partial charge >= 0.3 is 5.97 Å². The molecule has 7 nitrogen and oxygen atoms in total. The van der Waals surface area contributed by atoms with Gasteiger partial charge in [-0.1, -0.05) is 19.9 Å². The van der Waals surface area contributed by atoms with Crippen LogP contribution in [0.2, 0.25) is 0 Å². The van der Waals surface area contributed by atoms with Crippen molar-refractivity contribution in [1.82, 2.24) is 0 Å². The number of hydrogen-bond donors (Lipinski definition) is 3. The molecule has 0 aromatic rings. The molecule has 9 atom stereocenters. The molecule has 0 aromatic heterocycles. The first-order valence-electron chi connectivity index (χ1n) is 11.1. The minimum atomic E-state index is -2.19. The number of carbonyl (C=O) groups is 3. The molecule has 0 aliphatic heterocycles. The lowest BCUT2D eigenvalue weighted by Gasteiger charge is -2.63. The highest BCUT2D eigenvalue weighted by atomic mass is 19.1. The number of ether oxygens (including phenoxy) is 1. The Kier molecular flexibility index (Phi) is 5.12. The average molecular weight is 451 g/mol. The molecule has 8 heteroatoms. The Balaban J connectivity index is 1.79. The molecule has 0 saturated heterocycles. The fourth-order valence-electron chi connectivity index (χ4n) is 7.46. The van der Waals surface area contributed by atoms with E-state index in [-0.39, 0.29) is 24.2 Å². The fraction of sp³-hybridized carbons (Fsp3) is 0.708. The van der Waals surface area contributed by atoms with Crippen LogP contribution in [0.15, 0.2) is 23.8 Å². The highest BCUT2D eigenvalue weighted by molar-refractivity contribution is 6.01. The third-order valence-electron chi connectivity index (χ3n) is 9.08. The van der Waals surface area contributed by atoms with Gasteiger partial charge in [-0.2, -0.15) is 0 Å². The second-order valence-electron chi connectivity index (χ2n) is 10.5. The Morgan fingerprint density at radius 1 is 1.22 bits per heavy atom. The van der Waals surface area contributed by atoms with Crippen molar-refractivity contribution >= 4 is 17.5 Å². The molecule has 4 rings (SSSR count). The first-order valence-corrected chi connectivity index (χ1v) is 11.1. The maximum atomic E-state index is 17.1. The van der Waals surface area contributed by atoms with Crippen molar-refractivity contribution in [3.8, 4) is 0 Å². The maximum Gasteiger partial charge on any atom is 0.303 e. The minimum absolute atomic E-state index is 0.0305. The third-order valence-corrected chi connectivity index (χ3v) is 9.08. The first kappa shape index (κ1) is 23.3. The second kappa shape index (κ2) is 7.05. The SMILES string of the molecule is CC(=O)OCC(=O)[C@@]1(O)[C@@H](C)CC2[C@@H]3C[C@@H](O)C4=CC(=O)C=C[C@]4(C)[C@@]3(F)[C@@H](O)C[C@@]21C. The summed E-state index contributed by atoms with van der Waals surface area (Å²) in [7, 11) is 0. The van der Waals surface area contributed by atoms with E-state index < -0.39 is 70.4 Å². The molecule has 1 unspecified atom stereocenters. The average Bonchev–Trinajstić information content (AvgIpc) is 2.91. The van der Waals surface area contributed by atoms with Crippen LogP contribution in [0, 0.1) is 28.6 Å². The molecule has 3 saturated carbocycles. The summed E-state index contributed by atoms with van der Waals surface area (Å²) in [6.07, 6.45) is 1.41. The summed E-state index contributed by atoms with van der Waals surface area (Å²) in [5.41, 5.74) is -6.44. The van der Waals surface area contributed by atoms with Crippen LogP contribution in [-0.4, -0.2) is 62.9 Å². The zero-order valence-electron chi connectivity index (χ0n) is 18.8. The molecule has 0 radical (unpaired) electrons. The van der Waals surface area contributed by atoms with Crippen molar-refractivity contribution < 1.29 is 38.8 Å². The van der Waals surface area contributed by atoms with Crippen molar-refractivity contribution in [2.24, 2.45) is 28.6 Å². The number of carbonyl (C=O) groups excluding carboxylic acids is 3. The van der Waals surface area contributed by atoms with Crippen LogP contribution in [0.4, 0.5) is 4.39 Å². The van der Waals surface area contributed by atoms with Crippen molar-refractivity contribution in [2.75, 3.05) is 6.61 Å². The van der Waals surface area contributed by atoms with E-state index in [1.165, 1.54) is 25.2 Å². The minimum Gasteiger partial charge on any atom is -0.458 e. The van der Waals surface area contributed by atoms with Crippen molar-refractivity contribution in [1.29, 1.82) is 0 Å². The summed E-state index contributed by atoms with van der Waals surface area (Å²) < 4.78 is 21.9. The molecule has 32 heavy (non-hydrogen) atoms. The Morgan fingerprint density at radius 2 is 1.88 bits per heavy atom. The van der Waals surface area contributed by atoms with Crippen LogP contribution in [-0.2, 0) is 19.1 Å². The van der Waals surface area contributed by atoms with E-state index in [9.17, 15) is 29.7 Å². The Morgan fingerprint density at radius 3 is 2.50 bits per heavy atom. The topological polar surface area (TPSA) is 121 Å². The van der Waals surface area contributed by atoms with Crippen LogP contribution < -0.4 is 0 Å². The van der Waals surface area contributed by atoms with Crippen LogP contribution in [0.25, 0.3) is 0 Å². The lowest BCUT2D eigenvalue weighted by molar-refractivity contribution is -0.226. The number of aliphatic hydroxyl groups excluding tert-OH is 2. The number of fused-ring (bicyclic) bond motifs is 5. The summed E-state index contributed by atoms with van der Waals surface area (Å²) >= 11 is 0. The molecule has 0 spiro atoms. The number of ketones is 2. The lowest BCUT2D eigenvalue weighted by Crippen LogP contribution is -2.70. The molecule has 4 aliphatic rings. The van der Waals surface area contributed by atoms with Gasteiger partial charge < -0.3 is 20.1 Å². The van der Waals surface area contributed by atoms with Crippen molar-refractivity contribution in [2.45, 2.75) is 70.4 Å². The Labute approximate surface area is 186 Å². The van der Waals surface area contributed by atoms with E-state index in [0.29, 0.717) is 6.42 Å². The van der Waals surface area contributed by atoms with Crippen LogP contribution in [0.5, 0.6) is 0 Å². The van der Waals surface area contributed by atoms with Gasteiger partial charge in [0.2, 0.25) is 5.78 Å². The van der Waals surface area contributed by atoms with Gasteiger partial charge in [-0.25, -0.2) is 4.39 Å². The van der Waals surface area contributed by atoms with Crippen LogP contribution in [0.3, 0.4) is 0 Å². The maximum absolute atomic E-state index is 17.1. The van der Waals surface area contributed by atoms with Gasteiger partial charge in [0.25, 0.3) is 0 Å². The number of hydrogen-bond acceptors (Lipinski definition) is 7. The molecule has 176 valence electrons. The summed E-state index contributed by atoms with van der Waals surface area (Å²) in [5.74, 6) is -3.60. The third kappa shape index (κ3) is 2.66. The predicted octanol–water partition coefficient (Wildman–Crippen LogP) is 1.44. The van der Waals surface area contributed by atoms with Crippen LogP contribution >= 0.6 is 0 Å². The number of aliphatic hydroxyl groups is 3. The summed E-state index contributed by atoms with van der Waals surface area (Å²) in [4.78, 5) is 36.2. The quantitative estimate of drug-likeness (QED) is 0.556. The van der Waals surface area contributed by atoms with Crippen LogP contribution in [0.1, 0.15) is 47.0 Å². The number of esters is 1. The summed E-state index contributed by atoms with van der Waals surface area (Å²) in [6.45, 7) is 5.53. The first-order chi connectivity index (χ1) is 14.7. The van der Waals surface area contributed by atoms with Crippen molar-refractivity contribution in [3.63, 3.8) is 0 Å². The molecule has 0 aromatic carbocycles. The molecule has 4 aliphatic carbocycles. The van der Waals surface area contributed by atoms with Gasteiger partial charge in [-0.3, -0.25) is 14.4 Å². The fourth-order valence-corrected chi connectivity index (χ4v) is 7.46. The standard InChI is InChI=1S/C24H31FO7/c1-12-7-15-16-9-18(28)17-8-14(27)5-6-21(17,3)23(16,25)19(29)10-22(15,4)24(12,31)20(30)11-32-13(2)26/h5-6,8,12,15-16,18-19,28-29,31H,7,9-11H2,1-4H3/t12-,15?,16-,18+,19-,21-,22-,23-,24-/m0/s1. The molecular formula is C24H31FO7. The normalized spacial score (nSPS) is 49.6. The number of halogens is 1. The van der Waals surface area contributed by atoms with Gasteiger partial charge in [-0.15, -0.1) is 0 Å². The summed E-state index contributed by atoms with van der Waals surface area (Å²) in [5, 5.41) is 33.8. The molecular weight excluding hydrogens is 419 g/mol. The molecule has 0 bridgehead atoms. The second-order valence-corrected chi connectivity index (χ2v) is 10.5. The Bertz CT molecular complexity index is 943. The zero-order valence-corrected chi connectivity index (χ0v) is 18.8. The molecule has 0 heterocycles. The van der Waals surface area contributed by atoms with E-state index in [4.69, 9.17) is 4.74 Å². The molecule has 3 N–H and O–H groups in total. The van der Waals surface area contributed by atoms with E-state index >= 15 is 4.39 Å². The van der Waals surface area contributed by atoms with Gasteiger partial charge in [0.05, 0.1) is 12.2 Å². The van der Waals surface area contributed by atoms with E-state index in [1.54, 1.807) is 20.8 Å². The number of alkyl halides is 1. The van der Waals surface area contributed by atoms with Gasteiger partial charge in [-0.05, 0) is 55.7 Å². The zero-order chi connectivity index (χ0) is 23.9. The van der Waals surface area contributed by atoms with E-state index in [2.05, 4.69) is 0 Å². The molecule has 0 amide bonds. The van der Waals surface area contributed by atoms with E-state index in [0.717, 1.165) is 0 Å². The number of allylic oxidation sites excluding steroid dienone is 3. The predicted molar refractivity (Wildman–Crippen MR) is 111 cm³/mol. The monoisotopic (exact) mass is 450 g/mol. The smallest absolute Gasteiger partial charge is 0.303 e. The highest BCUT2D eigenvalue weighted by Gasteiger charge is 2.76. The number of Topliss-reactive ketones (excluding diaryl/α,β-unsaturated/α-hetero) is 1. The molecule has 3 fully saturated rings. The van der Waals surface area contributed by atoms with Gasteiger partial charge in [0.15, 0.2) is 18.1 Å². The lowest BCUT2D eigenvalue weighted by atomic mass is 9.44. The highest BCUT2D eigenvalue weighted by Crippen LogP contribution is 2.70. The van der Waals surface area contributed by atoms with Gasteiger partial charge in [0.1, 0.15) is 5.60 Å². The van der Waals surface area contributed by atoms with E-state index in [1.807, 2.05) is 0 Å². The number of rotatable bonds is 3. The summed E-state index contributed by atoms with van der Waals surface area (Å²) in [6, 6.07) is 0. The van der Waals surface area contributed by atoms with Gasteiger partial charge in [0, 0.05) is 23.7 Å². The Hall–Kier alpha value is -1.90. The van der Waals surface area contributed by atoms with Crippen molar-refractivity contribution in [3.05, 3.63) is 23.8 Å².